The van der Waals surface area contributed by atoms with Crippen LogP contribution in [0.4, 0.5) is 0 Å². The summed E-state index contributed by atoms with van der Waals surface area (Å²) >= 11 is 0. The highest BCUT2D eigenvalue weighted by Gasteiger charge is 2.47. The molecule has 0 aromatic heterocycles. The molecule has 0 heterocycles. The zero-order chi connectivity index (χ0) is 75.1. The molecule has 17 unspecified atom stereocenters. The highest BCUT2D eigenvalue weighted by Crippen LogP contribution is 2.53. The van der Waals surface area contributed by atoms with Crippen LogP contribution in [-0.4, -0.2) is 34.7 Å². The van der Waals surface area contributed by atoms with Gasteiger partial charge >= 0.3 is 0 Å². The summed E-state index contributed by atoms with van der Waals surface area (Å²) in [7, 11) is 0. The first kappa shape index (κ1) is 92.0. The molecule has 0 saturated heterocycles. The molecule has 7 aliphatic carbocycles. The molecule has 0 radical (unpaired) electrons. The van der Waals surface area contributed by atoms with Crippen molar-refractivity contribution in [2.75, 3.05) is 0 Å². The maximum Gasteiger partial charge on any atom is 0.140 e. The standard InChI is InChI=1S/2C15H28O.3C14H24O.C11H18O.C8H16/c1-10-7-8-12(3)15(5,6)14(10)11(2)9-13(4)16;1-10(2)9-13(16)14-11(3)7-8-12(4)15(14,5)6;1-10-7-6-8-14(4,5)13(10)11(2)9-12(3)15;1-10(2)9-12(15)13-11(3)7-6-8-14(13,4)5;1-5-6-7-13(15)12-10-14(3,4)9-8-11(12)2;1-7(2)10-5-8(3)9(4)11(12)6-10;1-7-4-3-5-8(2)6-7/h2*10-12,14H,7-9H2,1-6H3;11,13H,1,6-9H2,2-5H3;10,13H,3,6-9H2,1-2,4-5H3;5,11-12H,1,6-10H2,2-4H3;8-10H,1,5-6H2,2-4H3;7-8H,3-6H2,1-2H3. The van der Waals surface area contributed by atoms with Crippen LogP contribution in [0.15, 0.2) is 49.1 Å². The molecule has 0 N–H and O–H groups in total. The van der Waals surface area contributed by atoms with Gasteiger partial charge in [-0.05, 0) is 233 Å². The van der Waals surface area contributed by atoms with Gasteiger partial charge in [-0.25, -0.2) is 0 Å². The Morgan fingerprint density at radius 2 is 1.01 bits per heavy atom. The second-order valence-electron chi connectivity index (χ2n) is 38.7. The van der Waals surface area contributed by atoms with Crippen molar-refractivity contribution in [3.05, 3.63) is 49.1 Å². The number of Topliss-reactive ketones (excluding diaryl/α,β-unsaturated/α-hetero) is 6. The van der Waals surface area contributed by atoms with Crippen molar-refractivity contribution in [3.8, 4) is 0 Å². The van der Waals surface area contributed by atoms with Gasteiger partial charge in [-0.3, -0.25) is 19.2 Å². The van der Waals surface area contributed by atoms with Gasteiger partial charge in [0.25, 0.3) is 0 Å². The summed E-state index contributed by atoms with van der Waals surface area (Å²) in [5.74, 6) is 12.9. The predicted octanol–water partition coefficient (Wildman–Crippen LogP) is 26.2. The van der Waals surface area contributed by atoms with Gasteiger partial charge in [0.15, 0.2) is 0 Å². The molecule has 562 valence electrons. The fourth-order valence-corrected chi connectivity index (χ4v) is 19.7. The Morgan fingerprint density at radius 3 is 1.46 bits per heavy atom. The fraction of sp³-hybridized carbons (Fsp3) is 0.846. The molecule has 0 aromatic rings. The average molecular weight is 1350 g/mol. The largest absolute Gasteiger partial charge is 0.300 e. The van der Waals surface area contributed by atoms with Crippen molar-refractivity contribution in [1.82, 2.24) is 0 Å². The molecular formula is C91H162O6. The monoisotopic (exact) mass is 1350 g/mol. The predicted molar refractivity (Wildman–Crippen MR) is 420 cm³/mol. The summed E-state index contributed by atoms with van der Waals surface area (Å²) in [6.45, 7) is 77.8. The molecule has 17 atom stereocenters. The number of allylic oxidation sites excluding steroid dienone is 4. The van der Waals surface area contributed by atoms with Crippen LogP contribution < -0.4 is 0 Å². The molecule has 7 saturated carbocycles. The molecule has 7 fully saturated rings. The van der Waals surface area contributed by atoms with E-state index in [-0.39, 0.29) is 28.6 Å². The molecule has 7 rings (SSSR count). The van der Waals surface area contributed by atoms with E-state index < -0.39 is 0 Å². The van der Waals surface area contributed by atoms with Crippen molar-refractivity contribution in [3.63, 3.8) is 0 Å². The minimum atomic E-state index is 0.105. The summed E-state index contributed by atoms with van der Waals surface area (Å²) in [4.78, 5) is 70.5. The summed E-state index contributed by atoms with van der Waals surface area (Å²) in [6.07, 6.45) is 29.8. The molecule has 0 aromatic carbocycles. The van der Waals surface area contributed by atoms with Crippen LogP contribution in [0.25, 0.3) is 0 Å². The summed E-state index contributed by atoms with van der Waals surface area (Å²) < 4.78 is 0. The normalized spacial score (nSPS) is 32.1. The van der Waals surface area contributed by atoms with Gasteiger partial charge in [0, 0.05) is 62.2 Å². The highest BCUT2D eigenvalue weighted by atomic mass is 16.1. The van der Waals surface area contributed by atoms with E-state index in [1.807, 2.05) is 19.9 Å². The summed E-state index contributed by atoms with van der Waals surface area (Å²) in [5, 5.41) is 0. The van der Waals surface area contributed by atoms with Gasteiger partial charge in [-0.15, -0.1) is 6.58 Å². The third kappa shape index (κ3) is 30.8. The minimum Gasteiger partial charge on any atom is -0.300 e. The molecule has 0 spiro atoms. The van der Waals surface area contributed by atoms with Crippen molar-refractivity contribution in [2.45, 2.75) is 354 Å². The van der Waals surface area contributed by atoms with Crippen LogP contribution in [-0.2, 0) is 28.8 Å². The van der Waals surface area contributed by atoms with E-state index in [4.69, 9.17) is 0 Å². The fourth-order valence-electron chi connectivity index (χ4n) is 19.7. The van der Waals surface area contributed by atoms with E-state index >= 15 is 0 Å². The van der Waals surface area contributed by atoms with Crippen LogP contribution in [0.2, 0.25) is 0 Å². The van der Waals surface area contributed by atoms with Crippen molar-refractivity contribution in [1.29, 1.82) is 0 Å². The lowest BCUT2D eigenvalue weighted by molar-refractivity contribution is -0.134. The Kier molecular flexibility index (Phi) is 39.8. The maximum atomic E-state index is 12.4. The Bertz CT molecular complexity index is 2460. The number of hydrogen-bond donors (Lipinski definition) is 0. The molecule has 0 amide bonds. The van der Waals surface area contributed by atoms with E-state index in [0.29, 0.717) is 141 Å². The molecule has 6 nitrogen and oxygen atoms in total. The second kappa shape index (κ2) is 41.9. The van der Waals surface area contributed by atoms with E-state index in [9.17, 15) is 28.8 Å². The Morgan fingerprint density at radius 1 is 0.526 bits per heavy atom. The van der Waals surface area contributed by atoms with Gasteiger partial charge in [0.05, 0.1) is 0 Å². The van der Waals surface area contributed by atoms with E-state index in [1.165, 1.54) is 94.6 Å². The molecule has 0 aliphatic heterocycles. The minimum absolute atomic E-state index is 0.105. The Balaban J connectivity index is 0.000000570. The van der Waals surface area contributed by atoms with Crippen molar-refractivity contribution in [2.24, 2.45) is 140 Å². The third-order valence-electron chi connectivity index (χ3n) is 26.0. The zero-order valence-corrected chi connectivity index (χ0v) is 69.5. The van der Waals surface area contributed by atoms with E-state index in [1.54, 1.807) is 13.8 Å². The van der Waals surface area contributed by atoms with Crippen molar-refractivity contribution >= 4 is 34.7 Å². The second-order valence-corrected chi connectivity index (χ2v) is 38.7. The van der Waals surface area contributed by atoms with Crippen LogP contribution in [0.3, 0.4) is 0 Å². The smallest absolute Gasteiger partial charge is 0.140 e. The van der Waals surface area contributed by atoms with Gasteiger partial charge in [0.1, 0.15) is 34.7 Å². The molecule has 6 heteroatoms. The van der Waals surface area contributed by atoms with Gasteiger partial charge in [-0.1, -0.05) is 241 Å². The van der Waals surface area contributed by atoms with Crippen LogP contribution >= 0.6 is 0 Å². The zero-order valence-electron chi connectivity index (χ0n) is 69.5. The number of ketones is 6. The SMILES string of the molecule is C=C(C)C1CC(=O)C(C)C(C)C1.C=C1CCCC(C)(C)C1C(=O)CC(C)C.C=C1CCCC(C)(C)C1C(C)CC(C)=O.C=CCCC(=O)C1CC(C)(C)CCC1C.CC(=O)CC(C)C1C(C)CCC(C)C1(C)C.CC(C)CC(=O)C1C(C)CCC(C)C1(C)C.CC1CCCC(C)C1. The third-order valence-corrected chi connectivity index (χ3v) is 26.0. The summed E-state index contributed by atoms with van der Waals surface area (Å²) in [6, 6.07) is 0. The molecule has 97 heavy (non-hydrogen) atoms. The Labute approximate surface area is 603 Å². The lowest BCUT2D eigenvalue weighted by Gasteiger charge is -2.50. The average Bonchev–Trinajstić information content (AvgIpc) is 0.806. The first-order chi connectivity index (χ1) is 44.5. The maximum absolute atomic E-state index is 12.4. The van der Waals surface area contributed by atoms with Gasteiger partial charge in [-0.2, -0.15) is 0 Å². The molecule has 0 bridgehead atoms. The first-order valence-electron chi connectivity index (χ1n) is 40.2. The number of carbonyl (C=O) groups excluding carboxylic acids is 6. The van der Waals surface area contributed by atoms with E-state index in [0.717, 1.165) is 87.0 Å². The first-order valence-corrected chi connectivity index (χ1v) is 40.2. The van der Waals surface area contributed by atoms with Gasteiger partial charge in [0.2, 0.25) is 0 Å². The van der Waals surface area contributed by atoms with Crippen LogP contribution in [0.1, 0.15) is 354 Å². The molecule has 7 aliphatic rings. The quantitative estimate of drug-likeness (QED) is 0.134. The summed E-state index contributed by atoms with van der Waals surface area (Å²) in [5.41, 5.74) is 5.07. The lowest BCUT2D eigenvalue weighted by atomic mass is 9.55. The van der Waals surface area contributed by atoms with Crippen LogP contribution in [0, 0.1) is 140 Å². The Hall–Kier alpha value is -3.02. The topological polar surface area (TPSA) is 102 Å². The number of hydrogen-bond acceptors (Lipinski definition) is 6. The molecular weight excluding hydrogens is 1190 g/mol. The van der Waals surface area contributed by atoms with Gasteiger partial charge < -0.3 is 9.59 Å². The lowest BCUT2D eigenvalue weighted by Crippen LogP contribution is -2.44. The van der Waals surface area contributed by atoms with E-state index in [2.05, 4.69) is 192 Å². The number of rotatable bonds is 17. The van der Waals surface area contributed by atoms with Crippen LogP contribution in [0.5, 0.6) is 0 Å². The highest BCUT2D eigenvalue weighted by molar-refractivity contribution is 5.85. The number of carbonyl (C=O) groups is 6. The van der Waals surface area contributed by atoms with Crippen molar-refractivity contribution < 1.29 is 28.8 Å².